The zero-order chi connectivity index (χ0) is 18.5. The summed E-state index contributed by atoms with van der Waals surface area (Å²) in [5, 5.41) is 7.91. The summed E-state index contributed by atoms with van der Waals surface area (Å²) in [5.74, 6) is 0.602. The summed E-state index contributed by atoms with van der Waals surface area (Å²) in [6.07, 6.45) is 1.64. The lowest BCUT2D eigenvalue weighted by atomic mass is 10.1. The third-order valence-corrected chi connectivity index (χ3v) is 6.73. The van der Waals surface area contributed by atoms with Crippen molar-refractivity contribution in [3.05, 3.63) is 82.0 Å². The molecular weight excluding hydrogens is 394 g/mol. The van der Waals surface area contributed by atoms with Crippen molar-refractivity contribution in [3.63, 3.8) is 0 Å². The fraction of sp³-hybridized carbons (Fsp3) is 0.0500. The van der Waals surface area contributed by atoms with Gasteiger partial charge in [0.1, 0.15) is 0 Å². The molecule has 1 N–H and O–H groups in total. The first-order valence-electron chi connectivity index (χ1n) is 8.21. The molecule has 7 heteroatoms. The van der Waals surface area contributed by atoms with Crippen LogP contribution in [0.15, 0.2) is 74.8 Å². The van der Waals surface area contributed by atoms with Gasteiger partial charge in [-0.25, -0.2) is 10.4 Å². The summed E-state index contributed by atoms with van der Waals surface area (Å²) < 4.78 is 2.26. The maximum Gasteiger partial charge on any atom is 0.271 e. The van der Waals surface area contributed by atoms with Crippen molar-refractivity contribution >= 4 is 56.8 Å². The minimum atomic E-state index is -0.216. The second-order valence-electron chi connectivity index (χ2n) is 5.69. The van der Waals surface area contributed by atoms with Crippen molar-refractivity contribution in [2.75, 3.05) is 0 Å². The quantitative estimate of drug-likeness (QED) is 0.263. The average Bonchev–Trinajstić information content (AvgIpc) is 3.36. The highest BCUT2D eigenvalue weighted by molar-refractivity contribution is 8.00. The van der Waals surface area contributed by atoms with Gasteiger partial charge in [0.2, 0.25) is 0 Å². The number of carbonyl (C=O) groups excluding carboxylic acids is 1. The summed E-state index contributed by atoms with van der Waals surface area (Å²) in [5.41, 5.74) is 6.31. The minimum Gasteiger partial charge on any atom is -0.267 e. The van der Waals surface area contributed by atoms with E-state index in [-0.39, 0.29) is 5.91 Å². The number of aromatic nitrogens is 1. The van der Waals surface area contributed by atoms with E-state index in [2.05, 4.69) is 21.6 Å². The Morgan fingerprint density at radius 2 is 2.00 bits per heavy atom. The van der Waals surface area contributed by atoms with Gasteiger partial charge in [0.25, 0.3) is 5.91 Å². The molecule has 0 radical (unpaired) electrons. The predicted octanol–water partition coefficient (Wildman–Crippen LogP) is 5.41. The Bertz CT molecular complexity index is 1040. The zero-order valence-corrected chi connectivity index (χ0v) is 16.6. The molecule has 4 rings (SSSR count). The summed E-state index contributed by atoms with van der Waals surface area (Å²) in [7, 11) is 0. The van der Waals surface area contributed by atoms with Crippen LogP contribution in [0.3, 0.4) is 0 Å². The average molecular weight is 410 g/mol. The van der Waals surface area contributed by atoms with Crippen LogP contribution >= 0.6 is 34.4 Å². The van der Waals surface area contributed by atoms with Crippen molar-refractivity contribution in [2.45, 2.75) is 10.1 Å². The highest BCUT2D eigenvalue weighted by Gasteiger charge is 2.06. The number of fused-ring (bicyclic) bond motifs is 1. The molecule has 0 aliphatic carbocycles. The number of thiazole rings is 1. The summed E-state index contributed by atoms with van der Waals surface area (Å²) in [6.45, 7) is 0. The second-order valence-corrected chi connectivity index (χ2v) is 8.72. The third kappa shape index (κ3) is 4.63. The van der Waals surface area contributed by atoms with E-state index in [0.717, 1.165) is 26.7 Å². The first kappa shape index (κ1) is 17.9. The van der Waals surface area contributed by atoms with E-state index in [4.69, 9.17) is 0 Å². The number of nitrogens with one attached hydrogen (secondary N) is 1. The van der Waals surface area contributed by atoms with Crippen LogP contribution < -0.4 is 5.43 Å². The maximum atomic E-state index is 12.1. The molecule has 1 amide bonds. The number of para-hydroxylation sites is 1. The van der Waals surface area contributed by atoms with E-state index >= 15 is 0 Å². The molecule has 0 spiro atoms. The molecule has 27 heavy (non-hydrogen) atoms. The van der Waals surface area contributed by atoms with Crippen molar-refractivity contribution in [3.8, 4) is 0 Å². The molecule has 4 aromatic rings. The van der Waals surface area contributed by atoms with Gasteiger partial charge in [0.15, 0.2) is 4.34 Å². The number of hydrogen-bond donors (Lipinski definition) is 1. The molecule has 134 valence electrons. The molecule has 2 aromatic heterocycles. The molecule has 0 aliphatic heterocycles. The number of amides is 1. The van der Waals surface area contributed by atoms with Gasteiger partial charge in [-0.1, -0.05) is 36.0 Å². The largest absolute Gasteiger partial charge is 0.271 e. The molecule has 0 unspecified atom stereocenters. The fourth-order valence-electron chi connectivity index (χ4n) is 2.39. The number of carbonyl (C=O) groups is 1. The number of thioether (sulfide) groups is 1. The number of rotatable bonds is 6. The van der Waals surface area contributed by atoms with E-state index < -0.39 is 0 Å². The van der Waals surface area contributed by atoms with Crippen LogP contribution in [0, 0.1) is 0 Å². The first-order chi connectivity index (χ1) is 13.3. The number of nitrogens with zero attached hydrogens (tertiary/aromatic N) is 2. The highest BCUT2D eigenvalue weighted by atomic mass is 32.2. The number of benzene rings is 2. The van der Waals surface area contributed by atoms with Gasteiger partial charge in [-0.05, 0) is 46.7 Å². The van der Waals surface area contributed by atoms with E-state index in [1.807, 2.05) is 59.3 Å². The number of thiophene rings is 1. The molecule has 0 bridgehead atoms. The molecule has 0 saturated carbocycles. The summed E-state index contributed by atoms with van der Waals surface area (Å²) in [6, 6.07) is 17.7. The molecule has 0 atom stereocenters. The Labute approximate surface area is 169 Å². The Kier molecular flexibility index (Phi) is 5.62. The third-order valence-electron chi connectivity index (χ3n) is 3.78. The molecule has 2 heterocycles. The Morgan fingerprint density at radius 3 is 2.78 bits per heavy atom. The van der Waals surface area contributed by atoms with E-state index in [0.29, 0.717) is 5.56 Å². The highest BCUT2D eigenvalue weighted by Crippen LogP contribution is 2.31. The zero-order valence-electron chi connectivity index (χ0n) is 14.2. The fourth-order valence-corrected chi connectivity index (χ4v) is 5.02. The Balaban J connectivity index is 1.33. The Hall–Kier alpha value is -2.48. The number of hydrogen-bond acceptors (Lipinski definition) is 6. The molecule has 0 fully saturated rings. The van der Waals surface area contributed by atoms with Gasteiger partial charge in [0.05, 0.1) is 16.4 Å². The van der Waals surface area contributed by atoms with Crippen molar-refractivity contribution in [1.29, 1.82) is 0 Å². The van der Waals surface area contributed by atoms with Gasteiger partial charge in [-0.2, -0.15) is 16.4 Å². The standard InChI is InChI=1S/C20H15N3OS3/c24-19(23-21-11-15-9-10-25-12-15)16-7-5-14(6-8-16)13-26-20-22-17-3-1-2-4-18(17)27-20/h1-12H,13H2,(H,23,24)/b21-11-. The van der Waals surface area contributed by atoms with Gasteiger partial charge in [0, 0.05) is 16.9 Å². The van der Waals surface area contributed by atoms with Crippen molar-refractivity contribution < 1.29 is 4.79 Å². The number of hydrazone groups is 1. The first-order valence-corrected chi connectivity index (χ1v) is 11.0. The molecule has 0 saturated heterocycles. The van der Waals surface area contributed by atoms with Crippen LogP contribution in [-0.2, 0) is 5.75 Å². The summed E-state index contributed by atoms with van der Waals surface area (Å²) >= 11 is 5.01. The van der Waals surface area contributed by atoms with E-state index in [9.17, 15) is 4.79 Å². The normalized spacial score (nSPS) is 11.3. The van der Waals surface area contributed by atoms with Gasteiger partial charge in [-0.3, -0.25) is 4.79 Å². The van der Waals surface area contributed by atoms with Crippen LogP contribution in [0.4, 0.5) is 0 Å². The predicted molar refractivity (Wildman–Crippen MR) is 115 cm³/mol. The van der Waals surface area contributed by atoms with Gasteiger partial charge < -0.3 is 0 Å². The van der Waals surface area contributed by atoms with Gasteiger partial charge >= 0.3 is 0 Å². The van der Waals surface area contributed by atoms with Gasteiger partial charge in [-0.15, -0.1) is 11.3 Å². The lowest BCUT2D eigenvalue weighted by Gasteiger charge is -2.02. The van der Waals surface area contributed by atoms with E-state index in [1.165, 1.54) is 4.70 Å². The summed E-state index contributed by atoms with van der Waals surface area (Å²) in [4.78, 5) is 16.8. The SMILES string of the molecule is O=C(N/N=C\c1ccsc1)c1ccc(CSc2nc3ccccc3s2)cc1. The topological polar surface area (TPSA) is 54.4 Å². The lowest BCUT2D eigenvalue weighted by molar-refractivity contribution is 0.0955. The lowest BCUT2D eigenvalue weighted by Crippen LogP contribution is -2.17. The van der Waals surface area contributed by atoms with Crippen LogP contribution in [0.25, 0.3) is 10.2 Å². The van der Waals surface area contributed by atoms with Crippen LogP contribution in [0.2, 0.25) is 0 Å². The Morgan fingerprint density at radius 1 is 1.15 bits per heavy atom. The van der Waals surface area contributed by atoms with Crippen LogP contribution in [0.1, 0.15) is 21.5 Å². The van der Waals surface area contributed by atoms with E-state index in [1.54, 1.807) is 40.7 Å². The molecule has 4 nitrogen and oxygen atoms in total. The van der Waals surface area contributed by atoms with Crippen LogP contribution in [0.5, 0.6) is 0 Å². The molecular formula is C20H15N3OS3. The van der Waals surface area contributed by atoms with Crippen molar-refractivity contribution in [2.24, 2.45) is 5.10 Å². The molecule has 2 aromatic carbocycles. The molecule has 0 aliphatic rings. The van der Waals surface area contributed by atoms with Crippen LogP contribution in [-0.4, -0.2) is 17.1 Å². The maximum absolute atomic E-state index is 12.1. The minimum absolute atomic E-state index is 0.216. The van der Waals surface area contributed by atoms with Crippen molar-refractivity contribution in [1.82, 2.24) is 10.4 Å². The monoisotopic (exact) mass is 409 g/mol. The smallest absolute Gasteiger partial charge is 0.267 e. The second kappa shape index (κ2) is 8.47.